The Kier molecular flexibility index (Phi) is 8.90. The van der Waals surface area contributed by atoms with E-state index in [1.165, 1.54) is 88.1 Å². The van der Waals surface area contributed by atoms with E-state index < -0.39 is 8.07 Å². The van der Waals surface area contributed by atoms with Crippen LogP contribution in [-0.2, 0) is 5.41 Å². The lowest BCUT2D eigenvalue weighted by Crippen LogP contribution is -2.59. The van der Waals surface area contributed by atoms with Gasteiger partial charge in [0.2, 0.25) is 0 Å². The molecule has 0 N–H and O–H groups in total. The Morgan fingerprint density at radius 2 is 1.16 bits per heavy atom. The van der Waals surface area contributed by atoms with Crippen LogP contribution in [0.3, 0.4) is 0 Å². The zero-order chi connectivity index (χ0) is 42.5. The molecule has 7 aromatic carbocycles. The normalized spacial score (nSPS) is 21.8. The summed E-state index contributed by atoms with van der Waals surface area (Å²) in [5, 5.41) is 4.50. The van der Waals surface area contributed by atoms with E-state index in [-0.39, 0.29) is 11.5 Å². The largest absolute Gasteiger partial charge is 0.334 e. The van der Waals surface area contributed by atoms with Gasteiger partial charge < -0.3 is 9.80 Å². The van der Waals surface area contributed by atoms with Gasteiger partial charge in [-0.15, -0.1) is 11.8 Å². The Labute approximate surface area is 377 Å². The Hall–Kier alpha value is -6.33. The van der Waals surface area contributed by atoms with Gasteiger partial charge in [-0.1, -0.05) is 197 Å². The van der Waals surface area contributed by atoms with E-state index >= 15 is 0 Å². The monoisotopic (exact) mass is 846 g/mol. The molecule has 2 aliphatic heterocycles. The van der Waals surface area contributed by atoms with E-state index in [0.29, 0.717) is 16.8 Å². The summed E-state index contributed by atoms with van der Waals surface area (Å²) < 4.78 is 0. The highest BCUT2D eigenvalue weighted by molar-refractivity contribution is 8.00. The summed E-state index contributed by atoms with van der Waals surface area (Å²) in [6, 6.07) is 55.6. The summed E-state index contributed by atoms with van der Waals surface area (Å²) >= 11 is 1.97. The Bertz CT molecular complexity index is 3150. The van der Waals surface area contributed by atoms with E-state index in [1.807, 2.05) is 11.8 Å². The Balaban J connectivity index is 0.826. The lowest BCUT2D eigenvalue weighted by molar-refractivity contribution is 0.659. The average Bonchev–Trinajstić information content (AvgIpc) is 3.54. The fourth-order valence-electron chi connectivity index (χ4n) is 11.4. The maximum Gasteiger partial charge on any atom is 0.0926 e. The lowest BCUT2D eigenvalue weighted by atomic mass is 9.81. The number of hydrogen-bond acceptors (Lipinski definition) is 3. The highest BCUT2D eigenvalue weighted by Gasteiger charge is 2.46. The molecule has 7 aromatic rings. The predicted octanol–water partition coefficient (Wildman–Crippen LogP) is 15.0. The SMILES string of the molecule is CC1(C)c2cc(/C=C/c3ccc(-c4ccc(N5c6ccccc6[Si](C)(C)C6C=CC=CC65)c5ccccc45)cc3)ccc2-c2ccc(N3c4ccccc4SC4C=CC=CC43)cc21. The number of rotatable bonds is 5. The van der Waals surface area contributed by atoms with Gasteiger partial charge in [-0.3, -0.25) is 0 Å². The molecule has 0 fully saturated rings. The predicted molar refractivity (Wildman–Crippen MR) is 274 cm³/mol. The van der Waals surface area contributed by atoms with Gasteiger partial charge >= 0.3 is 0 Å². The van der Waals surface area contributed by atoms with Gasteiger partial charge in [0.1, 0.15) is 0 Å². The van der Waals surface area contributed by atoms with Gasteiger partial charge in [-0.25, -0.2) is 0 Å². The number of nitrogens with zero attached hydrogens (tertiary/aromatic N) is 2. The van der Waals surface area contributed by atoms with Gasteiger partial charge in [0.05, 0.1) is 31.1 Å². The minimum absolute atomic E-state index is 0.127. The third-order valence-corrected chi connectivity index (χ3v) is 20.0. The third-order valence-electron chi connectivity index (χ3n) is 14.7. The van der Waals surface area contributed by atoms with Crippen molar-refractivity contribution in [2.45, 2.75) is 60.1 Å². The number of anilines is 4. The molecule has 12 rings (SSSR count). The van der Waals surface area contributed by atoms with Crippen molar-refractivity contribution < 1.29 is 0 Å². The van der Waals surface area contributed by atoms with Gasteiger partial charge in [-0.05, 0) is 91.5 Å². The van der Waals surface area contributed by atoms with E-state index in [9.17, 15) is 0 Å². The Morgan fingerprint density at radius 3 is 2.00 bits per heavy atom. The first-order chi connectivity index (χ1) is 30.8. The molecule has 0 amide bonds. The topological polar surface area (TPSA) is 6.48 Å². The van der Waals surface area contributed by atoms with Crippen molar-refractivity contribution in [3.8, 4) is 22.3 Å². The first-order valence-electron chi connectivity index (χ1n) is 22.5. The summed E-state index contributed by atoms with van der Waals surface area (Å²) in [6.45, 7) is 9.87. The number of hydrogen-bond donors (Lipinski definition) is 0. The lowest BCUT2D eigenvalue weighted by Gasteiger charge is -2.50. The average molecular weight is 847 g/mol. The molecule has 4 heteroatoms. The minimum atomic E-state index is -1.75. The molecule has 0 aromatic heterocycles. The van der Waals surface area contributed by atoms with Gasteiger partial charge in [-0.2, -0.15) is 0 Å². The summed E-state index contributed by atoms with van der Waals surface area (Å²) in [5.74, 6) is 0. The van der Waals surface area contributed by atoms with Gasteiger partial charge in [0, 0.05) is 38.3 Å². The van der Waals surface area contributed by atoms with Crippen LogP contribution in [0.2, 0.25) is 18.6 Å². The van der Waals surface area contributed by atoms with E-state index in [4.69, 9.17) is 0 Å². The summed E-state index contributed by atoms with van der Waals surface area (Å²) in [6.07, 6.45) is 23.1. The second-order valence-corrected chi connectivity index (χ2v) is 24.7. The van der Waals surface area contributed by atoms with Crippen LogP contribution < -0.4 is 15.0 Å². The molecular formula is C59H50N2SSi. The zero-order valence-electron chi connectivity index (χ0n) is 36.2. The molecule has 306 valence electrons. The number of fused-ring (bicyclic) bond motifs is 8. The highest BCUT2D eigenvalue weighted by atomic mass is 32.2. The zero-order valence-corrected chi connectivity index (χ0v) is 38.1. The molecule has 2 heterocycles. The maximum absolute atomic E-state index is 2.63. The molecule has 4 atom stereocenters. The molecule has 3 aliphatic carbocycles. The number of thioether (sulfide) groups is 1. The molecule has 0 spiro atoms. The molecule has 0 saturated heterocycles. The first-order valence-corrected chi connectivity index (χ1v) is 26.4. The summed E-state index contributed by atoms with van der Waals surface area (Å²) in [5.41, 5.74) is 16.0. The van der Waals surface area contributed by atoms with Crippen LogP contribution in [0.5, 0.6) is 0 Å². The van der Waals surface area contributed by atoms with Crippen molar-refractivity contribution in [2.24, 2.45) is 0 Å². The molecule has 0 saturated carbocycles. The summed E-state index contributed by atoms with van der Waals surface area (Å²) in [4.78, 5) is 6.53. The van der Waals surface area contributed by atoms with Crippen molar-refractivity contribution in [3.05, 3.63) is 216 Å². The second kappa shape index (κ2) is 14.6. The van der Waals surface area contributed by atoms with Crippen LogP contribution in [-0.4, -0.2) is 25.4 Å². The number of benzene rings is 7. The van der Waals surface area contributed by atoms with Crippen LogP contribution >= 0.6 is 11.8 Å². The molecule has 2 nitrogen and oxygen atoms in total. The van der Waals surface area contributed by atoms with Crippen molar-refractivity contribution in [3.63, 3.8) is 0 Å². The van der Waals surface area contributed by atoms with Gasteiger partial charge in [0.15, 0.2) is 0 Å². The van der Waals surface area contributed by atoms with Crippen LogP contribution in [0.4, 0.5) is 22.7 Å². The van der Waals surface area contributed by atoms with Crippen LogP contribution in [0, 0.1) is 0 Å². The quantitative estimate of drug-likeness (QED) is 0.126. The van der Waals surface area contributed by atoms with Crippen LogP contribution in [0.25, 0.3) is 45.2 Å². The molecule has 0 bridgehead atoms. The first kappa shape index (κ1) is 38.4. The minimum Gasteiger partial charge on any atom is -0.334 e. The fraction of sp³-hybridized carbons (Fsp3) is 0.153. The fourth-order valence-corrected chi connectivity index (χ4v) is 16.1. The maximum atomic E-state index is 2.63. The number of para-hydroxylation sites is 2. The molecule has 0 radical (unpaired) electrons. The van der Waals surface area contributed by atoms with E-state index in [0.717, 1.165) is 0 Å². The van der Waals surface area contributed by atoms with Gasteiger partial charge in [0.25, 0.3) is 0 Å². The van der Waals surface area contributed by atoms with Crippen molar-refractivity contribution in [2.75, 3.05) is 9.80 Å². The second-order valence-electron chi connectivity index (χ2n) is 18.9. The molecule has 63 heavy (non-hydrogen) atoms. The van der Waals surface area contributed by atoms with Crippen LogP contribution in [0.15, 0.2) is 199 Å². The smallest absolute Gasteiger partial charge is 0.0926 e. The standard InChI is InChI=1S/C59H50N2SSi/c1-59(2)48-37-40(29-33-45(48)46-34-32-42(38-49(46)59)60-51-17-7-11-21-55(51)62-56-22-12-8-18-52(56)60)26-25-39-27-30-41(31-28-39)43-35-36-50(47-16-6-5-15-44(43)47)61-53-19-9-13-23-57(53)63(3,4)58-24-14-10-20-54(58)61/h5-38,51,53,55,57H,1-4H3/b26-25+. The van der Waals surface area contributed by atoms with Crippen molar-refractivity contribution in [1.82, 2.24) is 0 Å². The summed E-state index contributed by atoms with van der Waals surface area (Å²) in [7, 11) is -1.75. The Morgan fingerprint density at radius 1 is 0.524 bits per heavy atom. The van der Waals surface area contributed by atoms with Crippen molar-refractivity contribution >= 4 is 70.7 Å². The highest BCUT2D eigenvalue weighted by Crippen LogP contribution is 2.53. The van der Waals surface area contributed by atoms with Crippen LogP contribution in [0.1, 0.15) is 36.1 Å². The molecule has 5 aliphatic rings. The number of allylic oxidation sites excluding steroid dienone is 4. The molecular weight excluding hydrogens is 797 g/mol. The molecule has 4 unspecified atom stereocenters. The van der Waals surface area contributed by atoms with Crippen molar-refractivity contribution in [1.29, 1.82) is 0 Å². The van der Waals surface area contributed by atoms with E-state index in [1.54, 1.807) is 0 Å². The van der Waals surface area contributed by atoms with E-state index in [2.05, 4.69) is 243 Å². The third kappa shape index (κ3) is 6.06.